The Morgan fingerprint density at radius 1 is 1.32 bits per heavy atom. The Kier molecular flexibility index (Phi) is 4.22. The minimum Gasteiger partial charge on any atom is -0.345 e. The zero-order chi connectivity index (χ0) is 17.4. The highest BCUT2D eigenvalue weighted by Gasteiger charge is 2.20. The Bertz CT molecular complexity index is 1000. The maximum Gasteiger partial charge on any atom is 0.276 e. The number of imidazole rings is 1. The van der Waals surface area contributed by atoms with Crippen molar-refractivity contribution >= 4 is 27.0 Å². The molecule has 1 aliphatic rings. The van der Waals surface area contributed by atoms with Gasteiger partial charge in [0.1, 0.15) is 0 Å². The van der Waals surface area contributed by atoms with Crippen LogP contribution in [0.4, 0.5) is 0 Å². The average molecular weight is 362 g/mol. The van der Waals surface area contributed by atoms with Crippen molar-refractivity contribution in [1.29, 1.82) is 0 Å². The molecule has 1 fully saturated rings. The van der Waals surface area contributed by atoms with E-state index in [9.17, 15) is 8.42 Å². The molecule has 3 aromatic heterocycles. The van der Waals surface area contributed by atoms with Crippen LogP contribution in [0.3, 0.4) is 0 Å². The van der Waals surface area contributed by atoms with Crippen LogP contribution < -0.4 is 9.44 Å². The molecular weight excluding hydrogens is 340 g/mol. The molecule has 0 bridgehead atoms. The first-order valence-electron chi connectivity index (χ1n) is 8.59. The highest BCUT2D eigenvalue weighted by molar-refractivity contribution is 7.87. The average Bonchev–Trinajstić information content (AvgIpc) is 3.24. The van der Waals surface area contributed by atoms with Crippen molar-refractivity contribution in [2.45, 2.75) is 44.6 Å². The van der Waals surface area contributed by atoms with E-state index in [0.29, 0.717) is 5.92 Å². The second-order valence-electron chi connectivity index (χ2n) is 6.53. The van der Waals surface area contributed by atoms with Gasteiger partial charge in [-0.1, -0.05) is 19.3 Å². The molecule has 1 saturated carbocycles. The van der Waals surface area contributed by atoms with Crippen molar-refractivity contribution < 1.29 is 8.42 Å². The van der Waals surface area contributed by atoms with E-state index in [0.717, 1.165) is 28.1 Å². The molecule has 9 heteroatoms. The summed E-state index contributed by atoms with van der Waals surface area (Å²) >= 11 is 0. The van der Waals surface area contributed by atoms with Crippen LogP contribution in [0.5, 0.6) is 0 Å². The molecule has 3 N–H and O–H groups in total. The third-order valence-corrected chi connectivity index (χ3v) is 6.02. The summed E-state index contributed by atoms with van der Waals surface area (Å²) in [7, 11) is -2.11. The van der Waals surface area contributed by atoms with Crippen molar-refractivity contribution in [3.8, 4) is 0 Å². The van der Waals surface area contributed by atoms with E-state index in [-0.39, 0.29) is 6.54 Å². The van der Waals surface area contributed by atoms with E-state index in [1.165, 1.54) is 39.2 Å². The Morgan fingerprint density at radius 2 is 2.12 bits per heavy atom. The summed E-state index contributed by atoms with van der Waals surface area (Å²) in [4.78, 5) is 12.3. The van der Waals surface area contributed by atoms with Gasteiger partial charge < -0.3 is 4.98 Å². The molecule has 0 atom stereocenters. The van der Waals surface area contributed by atoms with Gasteiger partial charge in [0.05, 0.1) is 17.4 Å². The Morgan fingerprint density at radius 3 is 2.88 bits per heavy atom. The van der Waals surface area contributed by atoms with E-state index in [1.54, 1.807) is 12.4 Å². The number of H-pyrrole nitrogens is 1. The van der Waals surface area contributed by atoms with E-state index >= 15 is 0 Å². The molecule has 8 nitrogen and oxygen atoms in total. The second-order valence-corrected chi connectivity index (χ2v) is 8.23. The molecule has 0 aliphatic heterocycles. The first-order chi connectivity index (χ1) is 12.1. The van der Waals surface area contributed by atoms with Gasteiger partial charge in [-0.15, -0.1) is 0 Å². The minimum atomic E-state index is -3.49. The van der Waals surface area contributed by atoms with Gasteiger partial charge in [-0.25, -0.2) is 14.7 Å². The molecule has 0 unspecified atom stereocenters. The van der Waals surface area contributed by atoms with Gasteiger partial charge in [0.2, 0.25) is 0 Å². The molecular formula is C16H22N6O2S. The number of hydrogen-bond donors (Lipinski definition) is 3. The smallest absolute Gasteiger partial charge is 0.276 e. The maximum atomic E-state index is 11.6. The fraction of sp³-hybridized carbons (Fsp3) is 0.500. The van der Waals surface area contributed by atoms with Gasteiger partial charge in [-0.3, -0.25) is 4.40 Å². The number of aromatic amines is 1. The van der Waals surface area contributed by atoms with Crippen LogP contribution in [0.2, 0.25) is 0 Å². The number of hydrogen-bond acceptors (Lipinski definition) is 4. The van der Waals surface area contributed by atoms with Crippen molar-refractivity contribution in [3.05, 3.63) is 29.8 Å². The maximum absolute atomic E-state index is 11.6. The van der Waals surface area contributed by atoms with E-state index in [2.05, 4.69) is 25.6 Å². The monoisotopic (exact) mass is 362 g/mol. The molecule has 0 saturated heterocycles. The Labute approximate surface area is 146 Å². The lowest BCUT2D eigenvalue weighted by atomic mass is 9.87. The van der Waals surface area contributed by atoms with Crippen molar-refractivity contribution in [3.63, 3.8) is 0 Å². The lowest BCUT2D eigenvalue weighted by Gasteiger charge is -2.19. The zero-order valence-corrected chi connectivity index (χ0v) is 14.9. The number of fused-ring (bicyclic) bond motifs is 3. The largest absolute Gasteiger partial charge is 0.345 e. The predicted octanol–water partition coefficient (Wildman–Crippen LogP) is 1.81. The summed E-state index contributed by atoms with van der Waals surface area (Å²) in [6.45, 7) is 0.181. The highest BCUT2D eigenvalue weighted by atomic mass is 32.2. The summed E-state index contributed by atoms with van der Waals surface area (Å²) < 4.78 is 30.1. The highest BCUT2D eigenvalue weighted by Crippen LogP contribution is 2.32. The van der Waals surface area contributed by atoms with Gasteiger partial charge >= 0.3 is 0 Å². The van der Waals surface area contributed by atoms with Crippen LogP contribution in [0.1, 0.15) is 49.3 Å². The fourth-order valence-corrected chi connectivity index (χ4v) is 4.08. The molecule has 1 aliphatic carbocycles. The first kappa shape index (κ1) is 16.5. The SMILES string of the molecule is CNS(=O)(=O)NCc1c[nH]c2ncc3nc(C4CCCCC4)cn3c12. The zero-order valence-electron chi connectivity index (χ0n) is 14.1. The molecule has 3 aromatic rings. The van der Waals surface area contributed by atoms with Crippen LogP contribution in [-0.2, 0) is 16.8 Å². The summed E-state index contributed by atoms with van der Waals surface area (Å²) in [5, 5.41) is 0. The number of nitrogens with one attached hydrogen (secondary N) is 3. The summed E-state index contributed by atoms with van der Waals surface area (Å²) in [5.74, 6) is 0.508. The minimum absolute atomic E-state index is 0.181. The van der Waals surface area contributed by atoms with Gasteiger partial charge in [-0.2, -0.15) is 13.1 Å². The van der Waals surface area contributed by atoms with Crippen LogP contribution in [-0.4, -0.2) is 34.8 Å². The predicted molar refractivity (Wildman–Crippen MR) is 95.5 cm³/mol. The Hall–Kier alpha value is -1.97. The third kappa shape index (κ3) is 3.14. The van der Waals surface area contributed by atoms with Crippen molar-refractivity contribution in [2.75, 3.05) is 7.05 Å². The Balaban J connectivity index is 1.74. The van der Waals surface area contributed by atoms with Gasteiger partial charge in [0, 0.05) is 37.5 Å². The molecule has 4 rings (SSSR count). The van der Waals surface area contributed by atoms with E-state index in [4.69, 9.17) is 4.98 Å². The molecule has 3 heterocycles. The molecule has 0 amide bonds. The van der Waals surface area contributed by atoms with Gasteiger partial charge in [-0.05, 0) is 12.8 Å². The van der Waals surface area contributed by atoms with Crippen LogP contribution in [0.15, 0.2) is 18.6 Å². The molecule has 25 heavy (non-hydrogen) atoms. The number of rotatable bonds is 5. The number of aromatic nitrogens is 4. The van der Waals surface area contributed by atoms with Crippen molar-refractivity contribution in [1.82, 2.24) is 28.8 Å². The van der Waals surface area contributed by atoms with Crippen molar-refractivity contribution in [2.24, 2.45) is 0 Å². The van der Waals surface area contributed by atoms with Gasteiger partial charge in [0.15, 0.2) is 11.3 Å². The quantitative estimate of drug-likeness (QED) is 0.644. The lowest BCUT2D eigenvalue weighted by Crippen LogP contribution is -2.33. The lowest BCUT2D eigenvalue weighted by molar-refractivity contribution is 0.438. The molecule has 0 aromatic carbocycles. The van der Waals surface area contributed by atoms with Crippen LogP contribution in [0, 0.1) is 0 Å². The molecule has 0 radical (unpaired) electrons. The van der Waals surface area contributed by atoms with Crippen LogP contribution >= 0.6 is 0 Å². The fourth-order valence-electron chi connectivity index (χ4n) is 3.59. The summed E-state index contributed by atoms with van der Waals surface area (Å²) in [6, 6.07) is 0. The van der Waals surface area contributed by atoms with E-state index in [1.807, 2.05) is 4.40 Å². The summed E-state index contributed by atoms with van der Waals surface area (Å²) in [5.41, 5.74) is 4.33. The standard InChI is InChI=1S/C16H22N6O2S/c1-17-25(23,24)20-8-12-7-18-16-15(12)22-10-13(21-14(22)9-19-16)11-5-3-2-4-6-11/h7,9-11,17-18,20H,2-6,8H2,1H3. The topological polar surface area (TPSA) is 104 Å². The van der Waals surface area contributed by atoms with E-state index < -0.39 is 10.2 Å². The summed E-state index contributed by atoms with van der Waals surface area (Å²) in [6.07, 6.45) is 11.8. The third-order valence-electron chi connectivity index (χ3n) is 4.96. The first-order valence-corrected chi connectivity index (χ1v) is 10.1. The molecule has 134 valence electrons. The molecule has 0 spiro atoms. The van der Waals surface area contributed by atoms with Gasteiger partial charge in [0.25, 0.3) is 10.2 Å². The number of nitrogens with zero attached hydrogens (tertiary/aromatic N) is 3. The normalized spacial score (nSPS) is 16.8. The van der Waals surface area contributed by atoms with Crippen LogP contribution in [0.25, 0.3) is 16.8 Å². The second kappa shape index (κ2) is 6.40.